The lowest BCUT2D eigenvalue weighted by atomic mass is 10.1. The molecular formula is C24H24N6. The molecule has 4 aromatic rings. The van der Waals surface area contributed by atoms with Gasteiger partial charge >= 0.3 is 0 Å². The van der Waals surface area contributed by atoms with Crippen molar-refractivity contribution in [3.05, 3.63) is 96.3 Å². The van der Waals surface area contributed by atoms with Gasteiger partial charge in [0.15, 0.2) is 11.6 Å². The van der Waals surface area contributed by atoms with E-state index in [1.807, 2.05) is 72.6 Å². The van der Waals surface area contributed by atoms with Crippen LogP contribution in [0.25, 0.3) is 0 Å². The number of hydrazine groups is 1. The minimum Gasteiger partial charge on any atom is -0.393 e. The zero-order chi connectivity index (χ0) is 20.9. The molecule has 150 valence electrons. The Morgan fingerprint density at radius 3 is 2.00 bits per heavy atom. The zero-order valence-electron chi connectivity index (χ0n) is 17.0. The number of hydrogen-bond acceptors (Lipinski definition) is 6. The highest BCUT2D eigenvalue weighted by Crippen LogP contribution is 2.31. The summed E-state index contributed by atoms with van der Waals surface area (Å²) in [7, 11) is 0. The van der Waals surface area contributed by atoms with E-state index < -0.39 is 0 Å². The molecule has 0 bridgehead atoms. The van der Waals surface area contributed by atoms with Gasteiger partial charge in [0, 0.05) is 5.69 Å². The van der Waals surface area contributed by atoms with Crippen molar-refractivity contribution < 1.29 is 0 Å². The number of aromatic nitrogens is 2. The molecule has 0 fully saturated rings. The average molecular weight is 396 g/mol. The second-order valence-electron chi connectivity index (χ2n) is 7.05. The van der Waals surface area contributed by atoms with Gasteiger partial charge in [0.25, 0.3) is 0 Å². The molecule has 30 heavy (non-hydrogen) atoms. The molecule has 3 aromatic carbocycles. The van der Waals surface area contributed by atoms with Crippen LogP contribution in [-0.2, 0) is 0 Å². The Morgan fingerprint density at radius 2 is 1.37 bits per heavy atom. The Hall–Kier alpha value is -4.06. The number of benzene rings is 3. The number of nitrogens with two attached hydrogens (primary N) is 1. The molecule has 0 aliphatic rings. The Balaban J connectivity index is 1.68. The minimum absolute atomic E-state index is 0.440. The zero-order valence-corrected chi connectivity index (χ0v) is 17.0. The number of aryl methyl sites for hydroxylation is 2. The van der Waals surface area contributed by atoms with Crippen molar-refractivity contribution in [1.82, 2.24) is 9.97 Å². The molecular weight excluding hydrogens is 372 g/mol. The normalized spacial score (nSPS) is 10.5. The Labute approximate surface area is 176 Å². The van der Waals surface area contributed by atoms with Crippen LogP contribution < -0.4 is 21.5 Å². The molecule has 1 heterocycles. The van der Waals surface area contributed by atoms with Crippen LogP contribution in [0.1, 0.15) is 11.1 Å². The van der Waals surface area contributed by atoms with Crippen LogP contribution in [0.15, 0.2) is 85.2 Å². The fraction of sp³-hybridized carbons (Fsp3) is 0.0833. The SMILES string of the molecule is Cc1ccc(C)c(Nc2ncnc(NN(c3ccccc3)c3ccccc3)c2N)c1. The number of rotatable bonds is 6. The van der Waals surface area contributed by atoms with Crippen LogP contribution in [0, 0.1) is 13.8 Å². The van der Waals surface area contributed by atoms with Crippen molar-refractivity contribution in [2.75, 3.05) is 21.5 Å². The summed E-state index contributed by atoms with van der Waals surface area (Å²) < 4.78 is 0. The van der Waals surface area contributed by atoms with Gasteiger partial charge in [-0.25, -0.2) is 9.97 Å². The van der Waals surface area contributed by atoms with Crippen LogP contribution in [0.5, 0.6) is 0 Å². The van der Waals surface area contributed by atoms with Crippen molar-refractivity contribution in [3.63, 3.8) is 0 Å². The molecule has 0 saturated heterocycles. The van der Waals surface area contributed by atoms with Gasteiger partial charge < -0.3 is 11.1 Å². The van der Waals surface area contributed by atoms with Crippen LogP contribution in [0.2, 0.25) is 0 Å². The third-order valence-electron chi connectivity index (χ3n) is 4.78. The topological polar surface area (TPSA) is 79.1 Å². The molecule has 0 unspecified atom stereocenters. The van der Waals surface area contributed by atoms with E-state index in [0.29, 0.717) is 17.3 Å². The molecule has 0 spiro atoms. The summed E-state index contributed by atoms with van der Waals surface area (Å²) in [5.74, 6) is 1.08. The first-order valence-corrected chi connectivity index (χ1v) is 9.73. The second kappa shape index (κ2) is 8.53. The van der Waals surface area contributed by atoms with Crippen molar-refractivity contribution in [2.45, 2.75) is 13.8 Å². The molecule has 1 aromatic heterocycles. The van der Waals surface area contributed by atoms with Crippen molar-refractivity contribution >= 4 is 34.4 Å². The fourth-order valence-corrected chi connectivity index (χ4v) is 3.12. The van der Waals surface area contributed by atoms with Gasteiger partial charge in [0.05, 0.1) is 11.4 Å². The summed E-state index contributed by atoms with van der Waals surface area (Å²) in [6, 6.07) is 26.2. The Kier molecular flexibility index (Phi) is 5.48. The molecule has 0 amide bonds. The summed E-state index contributed by atoms with van der Waals surface area (Å²) in [5.41, 5.74) is 15.4. The number of hydrogen-bond donors (Lipinski definition) is 3. The van der Waals surface area contributed by atoms with Gasteiger partial charge in [-0.1, -0.05) is 48.5 Å². The summed E-state index contributed by atoms with van der Waals surface area (Å²) >= 11 is 0. The molecule has 0 atom stereocenters. The maximum Gasteiger partial charge on any atom is 0.173 e. The summed E-state index contributed by atoms with van der Waals surface area (Å²) in [6.45, 7) is 4.10. The van der Waals surface area contributed by atoms with E-state index in [-0.39, 0.29) is 0 Å². The smallest absolute Gasteiger partial charge is 0.173 e. The number of anilines is 6. The second-order valence-corrected chi connectivity index (χ2v) is 7.05. The van der Waals surface area contributed by atoms with Gasteiger partial charge in [-0.3, -0.25) is 10.4 Å². The maximum absolute atomic E-state index is 6.45. The highest BCUT2D eigenvalue weighted by molar-refractivity contribution is 5.80. The summed E-state index contributed by atoms with van der Waals surface area (Å²) in [6.07, 6.45) is 1.50. The summed E-state index contributed by atoms with van der Waals surface area (Å²) in [4.78, 5) is 8.73. The molecule has 4 N–H and O–H groups in total. The molecule has 0 saturated carbocycles. The van der Waals surface area contributed by atoms with Gasteiger partial charge in [0.2, 0.25) is 0 Å². The van der Waals surface area contributed by atoms with E-state index in [1.54, 1.807) is 0 Å². The fourth-order valence-electron chi connectivity index (χ4n) is 3.12. The first-order chi connectivity index (χ1) is 14.6. The van der Waals surface area contributed by atoms with E-state index in [1.165, 1.54) is 6.33 Å². The lowest BCUT2D eigenvalue weighted by Gasteiger charge is -2.27. The number of para-hydroxylation sites is 2. The predicted molar refractivity (Wildman–Crippen MR) is 124 cm³/mol. The van der Waals surface area contributed by atoms with Gasteiger partial charge in [-0.15, -0.1) is 0 Å². The van der Waals surface area contributed by atoms with E-state index in [9.17, 15) is 0 Å². The van der Waals surface area contributed by atoms with Crippen molar-refractivity contribution in [2.24, 2.45) is 0 Å². The van der Waals surface area contributed by atoms with E-state index in [2.05, 4.69) is 45.8 Å². The third-order valence-corrected chi connectivity index (χ3v) is 4.78. The van der Waals surface area contributed by atoms with Crippen LogP contribution in [-0.4, -0.2) is 9.97 Å². The molecule has 4 rings (SSSR count). The monoisotopic (exact) mass is 396 g/mol. The van der Waals surface area contributed by atoms with Crippen LogP contribution in [0.4, 0.5) is 34.4 Å². The van der Waals surface area contributed by atoms with Crippen LogP contribution >= 0.6 is 0 Å². The highest BCUT2D eigenvalue weighted by Gasteiger charge is 2.15. The molecule has 6 nitrogen and oxygen atoms in total. The lowest BCUT2D eigenvalue weighted by Crippen LogP contribution is -2.26. The molecule has 0 aliphatic heterocycles. The Morgan fingerprint density at radius 1 is 0.767 bits per heavy atom. The summed E-state index contributed by atoms with van der Waals surface area (Å²) in [5, 5.41) is 5.28. The first kappa shape index (κ1) is 19.3. The average Bonchev–Trinajstić information content (AvgIpc) is 2.78. The first-order valence-electron chi connectivity index (χ1n) is 9.73. The van der Waals surface area contributed by atoms with Gasteiger partial charge in [-0.05, 0) is 55.3 Å². The third kappa shape index (κ3) is 4.17. The number of nitrogen functional groups attached to an aromatic ring is 1. The van der Waals surface area contributed by atoms with Crippen molar-refractivity contribution in [1.29, 1.82) is 0 Å². The van der Waals surface area contributed by atoms with Crippen molar-refractivity contribution in [3.8, 4) is 0 Å². The van der Waals surface area contributed by atoms with Crippen LogP contribution in [0.3, 0.4) is 0 Å². The lowest BCUT2D eigenvalue weighted by molar-refractivity contribution is 1.09. The molecule has 0 radical (unpaired) electrons. The predicted octanol–water partition coefficient (Wildman–Crippen LogP) is 5.58. The number of nitrogens with zero attached hydrogens (tertiary/aromatic N) is 3. The minimum atomic E-state index is 0.440. The largest absolute Gasteiger partial charge is 0.393 e. The highest BCUT2D eigenvalue weighted by atomic mass is 15.5. The standard InChI is InChI=1S/C24H24N6/c1-17-13-14-18(2)21(15-17)28-23-22(25)24(27-16-26-23)29-30(19-9-5-3-6-10-19)20-11-7-4-8-12-20/h3-16H,25H2,1-2H3,(H2,26,27,28,29). The van der Waals surface area contributed by atoms with E-state index >= 15 is 0 Å². The van der Waals surface area contributed by atoms with E-state index in [4.69, 9.17) is 5.73 Å². The Bertz CT molecular complexity index is 1090. The molecule has 6 heteroatoms. The van der Waals surface area contributed by atoms with Gasteiger partial charge in [0.1, 0.15) is 12.0 Å². The maximum atomic E-state index is 6.45. The molecule has 0 aliphatic carbocycles. The number of nitrogens with one attached hydrogen (secondary N) is 2. The van der Waals surface area contributed by atoms with Gasteiger partial charge in [-0.2, -0.15) is 0 Å². The quantitative estimate of drug-likeness (QED) is 0.369. The van der Waals surface area contributed by atoms with E-state index in [0.717, 1.165) is 28.2 Å².